The van der Waals surface area contributed by atoms with Crippen LogP contribution in [-0.2, 0) is 4.79 Å². The van der Waals surface area contributed by atoms with Crippen LogP contribution in [0.15, 0.2) is 18.2 Å². The number of hydrogen-bond donors (Lipinski definition) is 0. The maximum absolute atomic E-state index is 11.8. The number of alkyl halides is 1. The molecule has 1 atom stereocenters. The van der Waals surface area contributed by atoms with Gasteiger partial charge in [0.15, 0.2) is 11.5 Å². The lowest BCUT2D eigenvalue weighted by atomic mass is 10.2. The van der Waals surface area contributed by atoms with Crippen LogP contribution < -0.4 is 14.4 Å². The summed E-state index contributed by atoms with van der Waals surface area (Å²) in [5.41, 5.74) is 0.871. The molecule has 0 aliphatic carbocycles. The maximum Gasteiger partial charge on any atom is 0.240 e. The van der Waals surface area contributed by atoms with Gasteiger partial charge in [-0.3, -0.25) is 4.79 Å². The molecule has 3 rings (SSSR count). The van der Waals surface area contributed by atoms with Crippen molar-refractivity contribution in [2.45, 2.75) is 11.2 Å². The van der Waals surface area contributed by atoms with Gasteiger partial charge in [0, 0.05) is 18.3 Å². The molecule has 0 saturated carbocycles. The molecular formula is C11H10BrNO3. The summed E-state index contributed by atoms with van der Waals surface area (Å²) in [5.74, 6) is 1.56. The summed E-state index contributed by atoms with van der Waals surface area (Å²) in [4.78, 5) is 13.5. The predicted molar refractivity (Wildman–Crippen MR) is 62.3 cm³/mol. The van der Waals surface area contributed by atoms with E-state index in [1.807, 2.05) is 18.2 Å². The number of hydrogen-bond acceptors (Lipinski definition) is 3. The number of benzene rings is 1. The highest BCUT2D eigenvalue weighted by Gasteiger charge is 2.31. The molecule has 4 nitrogen and oxygen atoms in total. The fourth-order valence-electron chi connectivity index (χ4n) is 1.95. The standard InChI is InChI=1S/C11H10BrNO3/c12-8-3-4-13(11(8)14)7-1-2-9-10(5-7)16-6-15-9/h1-2,5,8H,3-4,6H2. The van der Waals surface area contributed by atoms with Gasteiger partial charge in [-0.2, -0.15) is 0 Å². The monoisotopic (exact) mass is 283 g/mol. The minimum atomic E-state index is -0.0575. The Morgan fingerprint density at radius 1 is 1.31 bits per heavy atom. The second kappa shape index (κ2) is 3.66. The first-order valence-electron chi connectivity index (χ1n) is 5.11. The van der Waals surface area contributed by atoms with Crippen molar-refractivity contribution in [1.82, 2.24) is 0 Å². The Morgan fingerprint density at radius 3 is 2.88 bits per heavy atom. The zero-order chi connectivity index (χ0) is 11.1. The van der Waals surface area contributed by atoms with E-state index in [2.05, 4.69) is 15.9 Å². The van der Waals surface area contributed by atoms with Gasteiger partial charge in [-0.25, -0.2) is 0 Å². The molecule has 5 heteroatoms. The van der Waals surface area contributed by atoms with Gasteiger partial charge < -0.3 is 14.4 Å². The van der Waals surface area contributed by atoms with Crippen LogP contribution in [0.25, 0.3) is 0 Å². The van der Waals surface area contributed by atoms with Crippen LogP contribution in [0.5, 0.6) is 11.5 Å². The summed E-state index contributed by atoms with van der Waals surface area (Å²) in [6, 6.07) is 5.58. The lowest BCUT2D eigenvalue weighted by Gasteiger charge is -2.16. The number of nitrogens with zero attached hydrogens (tertiary/aromatic N) is 1. The SMILES string of the molecule is O=C1C(Br)CCN1c1ccc2c(c1)OCO2. The molecular weight excluding hydrogens is 274 g/mol. The van der Waals surface area contributed by atoms with Gasteiger partial charge in [-0.05, 0) is 18.6 Å². The zero-order valence-electron chi connectivity index (χ0n) is 8.48. The molecule has 0 N–H and O–H groups in total. The molecule has 1 fully saturated rings. The Kier molecular flexibility index (Phi) is 2.28. The molecule has 1 unspecified atom stereocenters. The van der Waals surface area contributed by atoms with Crippen molar-refractivity contribution >= 4 is 27.5 Å². The second-order valence-corrected chi connectivity index (χ2v) is 4.89. The summed E-state index contributed by atoms with van der Waals surface area (Å²) in [5, 5.41) is 0. The highest BCUT2D eigenvalue weighted by atomic mass is 79.9. The van der Waals surface area contributed by atoms with E-state index >= 15 is 0 Å². The highest BCUT2D eigenvalue weighted by molar-refractivity contribution is 9.10. The van der Waals surface area contributed by atoms with Crippen LogP contribution in [-0.4, -0.2) is 24.1 Å². The predicted octanol–water partition coefficient (Wildman–Crippen LogP) is 1.92. The summed E-state index contributed by atoms with van der Waals surface area (Å²) in [7, 11) is 0. The topological polar surface area (TPSA) is 38.8 Å². The molecule has 84 valence electrons. The molecule has 0 radical (unpaired) electrons. The largest absolute Gasteiger partial charge is 0.454 e. The van der Waals surface area contributed by atoms with Crippen LogP contribution in [0.2, 0.25) is 0 Å². The number of amides is 1. The van der Waals surface area contributed by atoms with E-state index in [-0.39, 0.29) is 17.5 Å². The first kappa shape index (κ1) is 9.96. The average molecular weight is 284 g/mol. The van der Waals surface area contributed by atoms with E-state index in [0.29, 0.717) is 5.75 Å². The smallest absolute Gasteiger partial charge is 0.240 e. The third-order valence-electron chi connectivity index (χ3n) is 2.81. The Balaban J connectivity index is 1.93. The quantitative estimate of drug-likeness (QED) is 0.739. The van der Waals surface area contributed by atoms with E-state index in [0.717, 1.165) is 24.4 Å². The molecule has 16 heavy (non-hydrogen) atoms. The molecule has 1 saturated heterocycles. The number of rotatable bonds is 1. The van der Waals surface area contributed by atoms with Crippen molar-refractivity contribution < 1.29 is 14.3 Å². The van der Waals surface area contributed by atoms with Gasteiger partial charge in [0.25, 0.3) is 0 Å². The van der Waals surface area contributed by atoms with Crippen LogP contribution in [0.1, 0.15) is 6.42 Å². The lowest BCUT2D eigenvalue weighted by Crippen LogP contribution is -2.26. The van der Waals surface area contributed by atoms with Crippen LogP contribution in [0, 0.1) is 0 Å². The van der Waals surface area contributed by atoms with Crippen molar-refractivity contribution in [3.8, 4) is 11.5 Å². The third kappa shape index (κ3) is 1.46. The van der Waals surface area contributed by atoms with E-state index in [1.165, 1.54) is 0 Å². The molecule has 0 aromatic heterocycles. The number of carbonyl (C=O) groups excluding carboxylic acids is 1. The molecule has 1 amide bonds. The Bertz CT molecular complexity index is 449. The number of halogens is 1. The van der Waals surface area contributed by atoms with Gasteiger partial charge in [0.05, 0.1) is 4.83 Å². The van der Waals surface area contributed by atoms with E-state index < -0.39 is 0 Å². The molecule has 0 spiro atoms. The van der Waals surface area contributed by atoms with E-state index in [1.54, 1.807) is 4.90 Å². The molecule has 0 bridgehead atoms. The van der Waals surface area contributed by atoms with Crippen molar-refractivity contribution in [2.24, 2.45) is 0 Å². The number of fused-ring (bicyclic) bond motifs is 1. The van der Waals surface area contributed by atoms with E-state index in [4.69, 9.17) is 9.47 Å². The highest BCUT2D eigenvalue weighted by Crippen LogP contribution is 2.37. The Hall–Kier alpha value is -1.23. The number of anilines is 1. The normalized spacial score (nSPS) is 22.9. The molecule has 2 heterocycles. The van der Waals surface area contributed by atoms with Crippen LogP contribution in [0.3, 0.4) is 0 Å². The van der Waals surface area contributed by atoms with Gasteiger partial charge in [-0.15, -0.1) is 0 Å². The van der Waals surface area contributed by atoms with Crippen molar-refractivity contribution in [2.75, 3.05) is 18.2 Å². The summed E-state index contributed by atoms with van der Waals surface area (Å²) < 4.78 is 10.5. The minimum absolute atomic E-state index is 0.0575. The van der Waals surface area contributed by atoms with Gasteiger partial charge in [-0.1, -0.05) is 15.9 Å². The van der Waals surface area contributed by atoms with Crippen LogP contribution >= 0.6 is 15.9 Å². The summed E-state index contributed by atoms with van der Waals surface area (Å²) in [6.07, 6.45) is 0.841. The molecule has 1 aromatic carbocycles. The average Bonchev–Trinajstić information content (AvgIpc) is 2.86. The van der Waals surface area contributed by atoms with E-state index in [9.17, 15) is 4.79 Å². The first-order valence-corrected chi connectivity index (χ1v) is 6.02. The minimum Gasteiger partial charge on any atom is -0.454 e. The molecule has 2 aliphatic rings. The van der Waals surface area contributed by atoms with Crippen molar-refractivity contribution in [3.63, 3.8) is 0 Å². The number of ether oxygens (including phenoxy) is 2. The molecule has 2 aliphatic heterocycles. The van der Waals surface area contributed by atoms with Crippen LogP contribution in [0.4, 0.5) is 5.69 Å². The number of carbonyl (C=O) groups is 1. The summed E-state index contributed by atoms with van der Waals surface area (Å²) >= 11 is 3.36. The fourth-order valence-corrected chi connectivity index (χ4v) is 2.41. The van der Waals surface area contributed by atoms with Gasteiger partial charge in [0.1, 0.15) is 0 Å². The second-order valence-electron chi connectivity index (χ2n) is 3.78. The fraction of sp³-hybridized carbons (Fsp3) is 0.364. The lowest BCUT2D eigenvalue weighted by molar-refractivity contribution is -0.116. The van der Waals surface area contributed by atoms with Crippen molar-refractivity contribution in [1.29, 1.82) is 0 Å². The summed E-state index contributed by atoms with van der Waals surface area (Å²) in [6.45, 7) is 1.00. The van der Waals surface area contributed by atoms with Gasteiger partial charge >= 0.3 is 0 Å². The Labute approximate surface area is 101 Å². The third-order valence-corrected chi connectivity index (χ3v) is 3.66. The maximum atomic E-state index is 11.8. The van der Waals surface area contributed by atoms with Crippen molar-refractivity contribution in [3.05, 3.63) is 18.2 Å². The Morgan fingerprint density at radius 2 is 2.12 bits per heavy atom. The zero-order valence-corrected chi connectivity index (χ0v) is 10.1. The molecule has 1 aromatic rings. The first-order chi connectivity index (χ1) is 7.75. The van der Waals surface area contributed by atoms with Gasteiger partial charge in [0.2, 0.25) is 12.7 Å².